The van der Waals surface area contributed by atoms with Gasteiger partial charge in [0.2, 0.25) is 0 Å². The molecule has 0 spiro atoms. The van der Waals surface area contributed by atoms with Crippen LogP contribution in [0, 0.1) is 19.7 Å². The molecule has 1 aliphatic heterocycles. The van der Waals surface area contributed by atoms with E-state index in [1.54, 1.807) is 25.4 Å². The summed E-state index contributed by atoms with van der Waals surface area (Å²) in [6.45, 7) is 7.57. The topological polar surface area (TPSA) is 77.6 Å². The van der Waals surface area contributed by atoms with Crippen molar-refractivity contribution < 1.29 is 9.13 Å². The van der Waals surface area contributed by atoms with Crippen LogP contribution in [0.5, 0.6) is 0 Å². The van der Waals surface area contributed by atoms with Gasteiger partial charge in [-0.05, 0) is 55.7 Å². The molecule has 9 heteroatoms. The van der Waals surface area contributed by atoms with Crippen LogP contribution in [0.3, 0.4) is 0 Å². The van der Waals surface area contributed by atoms with E-state index in [2.05, 4.69) is 21.0 Å². The number of pyridine rings is 1. The van der Waals surface area contributed by atoms with Crippen LogP contribution in [-0.2, 0) is 17.7 Å². The van der Waals surface area contributed by atoms with Crippen molar-refractivity contribution in [3.05, 3.63) is 75.3 Å². The number of methoxy groups -OCH3 is 1. The van der Waals surface area contributed by atoms with E-state index >= 15 is 0 Å². The van der Waals surface area contributed by atoms with Gasteiger partial charge in [0.05, 0.1) is 12.6 Å². The fourth-order valence-electron chi connectivity index (χ4n) is 4.59. The minimum atomic E-state index is -0.262. The Morgan fingerprint density at radius 3 is 2.82 bits per heavy atom. The molecule has 3 aromatic heterocycles. The molecule has 1 aromatic carbocycles. The summed E-state index contributed by atoms with van der Waals surface area (Å²) in [5.74, 6) is 0.895. The molecule has 0 aliphatic carbocycles. The molecule has 0 N–H and O–H groups in total. The second-order valence-electron chi connectivity index (χ2n) is 8.91. The van der Waals surface area contributed by atoms with Gasteiger partial charge < -0.3 is 9.64 Å². The Balaban J connectivity index is 1.50. The lowest BCUT2D eigenvalue weighted by atomic mass is 9.97. The van der Waals surface area contributed by atoms with Crippen LogP contribution in [-0.4, -0.2) is 44.4 Å². The third-order valence-electron chi connectivity index (χ3n) is 6.37. The van der Waals surface area contributed by atoms with E-state index < -0.39 is 0 Å². The molecule has 4 aromatic rings. The molecule has 8 nitrogen and oxygen atoms in total. The van der Waals surface area contributed by atoms with E-state index in [1.807, 2.05) is 27.0 Å². The SMILES string of the molecule is COCC(C)n1nc2nc(N3CCc4ncc(-c5cc(F)ccc5C)cc4C3)c(C)cn2c1=O. The summed E-state index contributed by atoms with van der Waals surface area (Å²) < 4.78 is 21.9. The van der Waals surface area contributed by atoms with Gasteiger partial charge in [0, 0.05) is 55.8 Å². The number of hydrogen-bond donors (Lipinski definition) is 0. The fourth-order valence-corrected chi connectivity index (χ4v) is 4.59. The summed E-state index contributed by atoms with van der Waals surface area (Å²) in [5.41, 5.74) is 5.54. The summed E-state index contributed by atoms with van der Waals surface area (Å²) in [4.78, 5) is 24.4. The maximum Gasteiger partial charge on any atom is 0.351 e. The van der Waals surface area contributed by atoms with E-state index in [0.29, 0.717) is 18.9 Å². The molecule has 0 radical (unpaired) electrons. The summed E-state index contributed by atoms with van der Waals surface area (Å²) in [6, 6.07) is 6.71. The number of benzene rings is 1. The number of nitrogens with zero attached hydrogens (tertiary/aromatic N) is 6. The first-order chi connectivity index (χ1) is 16.4. The van der Waals surface area contributed by atoms with Crippen molar-refractivity contribution in [1.82, 2.24) is 24.1 Å². The molecule has 1 unspecified atom stereocenters. The molecule has 1 atom stereocenters. The Bertz CT molecular complexity index is 1440. The number of ether oxygens (including phenoxy) is 1. The molecule has 4 heterocycles. The van der Waals surface area contributed by atoms with Crippen molar-refractivity contribution in [2.75, 3.05) is 25.2 Å². The predicted molar refractivity (Wildman–Crippen MR) is 128 cm³/mol. The minimum absolute atomic E-state index is 0.194. The molecule has 5 rings (SSSR count). The molecule has 0 saturated carbocycles. The Labute approximate surface area is 196 Å². The predicted octanol–water partition coefficient (Wildman–Crippen LogP) is 3.48. The maximum atomic E-state index is 13.9. The van der Waals surface area contributed by atoms with Gasteiger partial charge in [0.25, 0.3) is 5.78 Å². The van der Waals surface area contributed by atoms with Crippen molar-refractivity contribution in [1.29, 1.82) is 0 Å². The summed E-state index contributed by atoms with van der Waals surface area (Å²) >= 11 is 0. The lowest BCUT2D eigenvalue weighted by Gasteiger charge is -2.30. The lowest BCUT2D eigenvalue weighted by molar-refractivity contribution is 0.155. The first-order valence-electron chi connectivity index (χ1n) is 11.3. The van der Waals surface area contributed by atoms with Crippen molar-refractivity contribution in [2.45, 2.75) is 39.8 Å². The van der Waals surface area contributed by atoms with Crippen LogP contribution in [0.25, 0.3) is 16.9 Å². The number of rotatable bonds is 5. The van der Waals surface area contributed by atoms with Gasteiger partial charge >= 0.3 is 5.69 Å². The Morgan fingerprint density at radius 1 is 1.21 bits per heavy atom. The average Bonchev–Trinajstić information content (AvgIpc) is 3.15. The van der Waals surface area contributed by atoms with Crippen LogP contribution in [0.1, 0.15) is 35.3 Å². The van der Waals surface area contributed by atoms with Crippen LogP contribution < -0.4 is 10.6 Å². The molecular weight excluding hydrogens is 435 g/mol. The van der Waals surface area contributed by atoms with Crippen LogP contribution in [0.4, 0.5) is 10.2 Å². The second kappa shape index (κ2) is 8.64. The lowest BCUT2D eigenvalue weighted by Crippen LogP contribution is -2.32. The molecule has 1 aliphatic rings. The first-order valence-corrected chi connectivity index (χ1v) is 11.3. The number of hydrogen-bond acceptors (Lipinski definition) is 6. The standard InChI is InChI=1S/C25H27FN6O2/c1-15-5-6-20(26)10-21(15)18-9-19-13-30(8-7-22(19)27-11-18)23-16(2)12-31-24(28-23)29-32(25(31)33)17(3)14-34-4/h5-6,9-12,17H,7-8,13-14H2,1-4H3. The van der Waals surface area contributed by atoms with E-state index in [4.69, 9.17) is 9.72 Å². The third-order valence-corrected chi connectivity index (χ3v) is 6.37. The molecule has 0 saturated heterocycles. The highest BCUT2D eigenvalue weighted by molar-refractivity contribution is 5.67. The molecule has 176 valence electrons. The van der Waals surface area contributed by atoms with Crippen molar-refractivity contribution in [3.8, 4) is 11.1 Å². The molecule has 34 heavy (non-hydrogen) atoms. The van der Waals surface area contributed by atoms with E-state index in [1.165, 1.54) is 15.1 Å². The maximum absolute atomic E-state index is 13.9. The van der Waals surface area contributed by atoms with Gasteiger partial charge in [-0.3, -0.25) is 4.98 Å². The largest absolute Gasteiger partial charge is 0.382 e. The van der Waals surface area contributed by atoms with Crippen LogP contribution in [0.2, 0.25) is 0 Å². The van der Waals surface area contributed by atoms with Crippen molar-refractivity contribution in [3.63, 3.8) is 0 Å². The number of anilines is 1. The van der Waals surface area contributed by atoms with Gasteiger partial charge in [0.15, 0.2) is 0 Å². The van der Waals surface area contributed by atoms with Crippen molar-refractivity contribution >= 4 is 11.6 Å². The quantitative estimate of drug-likeness (QED) is 0.452. The zero-order valence-corrected chi connectivity index (χ0v) is 19.7. The average molecular weight is 463 g/mol. The monoisotopic (exact) mass is 462 g/mol. The fraction of sp³-hybridized carbons (Fsp3) is 0.360. The molecule has 0 fully saturated rings. The zero-order chi connectivity index (χ0) is 24.0. The Hall–Kier alpha value is -3.59. The molecule has 0 bridgehead atoms. The Morgan fingerprint density at radius 2 is 2.03 bits per heavy atom. The number of fused-ring (bicyclic) bond motifs is 2. The zero-order valence-electron chi connectivity index (χ0n) is 19.7. The highest BCUT2D eigenvalue weighted by Gasteiger charge is 2.23. The van der Waals surface area contributed by atoms with E-state index in [-0.39, 0.29) is 17.5 Å². The van der Waals surface area contributed by atoms with Gasteiger partial charge in [0.1, 0.15) is 11.6 Å². The van der Waals surface area contributed by atoms with E-state index in [9.17, 15) is 9.18 Å². The van der Waals surface area contributed by atoms with E-state index in [0.717, 1.165) is 52.3 Å². The summed E-state index contributed by atoms with van der Waals surface area (Å²) in [6.07, 6.45) is 4.39. The van der Waals surface area contributed by atoms with Gasteiger partial charge in [-0.15, -0.1) is 5.10 Å². The third kappa shape index (κ3) is 3.86. The van der Waals surface area contributed by atoms with Gasteiger partial charge in [-0.2, -0.15) is 4.98 Å². The molecular formula is C25H27FN6O2. The Kier molecular flexibility index (Phi) is 5.65. The van der Waals surface area contributed by atoms with Crippen LogP contribution in [0.15, 0.2) is 41.5 Å². The molecule has 0 amide bonds. The smallest absolute Gasteiger partial charge is 0.351 e. The number of aromatic nitrogens is 5. The highest BCUT2D eigenvalue weighted by atomic mass is 19.1. The minimum Gasteiger partial charge on any atom is -0.382 e. The second-order valence-corrected chi connectivity index (χ2v) is 8.91. The van der Waals surface area contributed by atoms with Gasteiger partial charge in [-0.1, -0.05) is 6.07 Å². The number of halogens is 1. The highest BCUT2D eigenvalue weighted by Crippen LogP contribution is 2.30. The van der Waals surface area contributed by atoms with Crippen molar-refractivity contribution in [2.24, 2.45) is 0 Å². The summed E-state index contributed by atoms with van der Waals surface area (Å²) in [5, 5.41) is 4.44. The van der Waals surface area contributed by atoms with Gasteiger partial charge in [-0.25, -0.2) is 18.3 Å². The summed E-state index contributed by atoms with van der Waals surface area (Å²) in [7, 11) is 1.60. The van der Waals surface area contributed by atoms with Crippen LogP contribution >= 0.6 is 0 Å². The first kappa shape index (κ1) is 22.2. The number of aryl methyl sites for hydroxylation is 2. The normalized spacial score (nSPS) is 14.4.